The molecule has 1 aliphatic carbocycles. The molecule has 1 unspecified atom stereocenters. The molecule has 1 aromatic heterocycles. The van der Waals surface area contributed by atoms with Crippen molar-refractivity contribution in [3.63, 3.8) is 0 Å². The lowest BCUT2D eigenvalue weighted by Gasteiger charge is -2.36. The summed E-state index contributed by atoms with van der Waals surface area (Å²) < 4.78 is 5.02. The molecule has 1 N–H and O–H groups in total. The molecule has 0 radical (unpaired) electrons. The minimum atomic E-state index is -0.391. The molecule has 1 heterocycles. The van der Waals surface area contributed by atoms with Crippen LogP contribution in [0.4, 0.5) is 5.00 Å². The highest BCUT2D eigenvalue weighted by molar-refractivity contribution is 7.17. The lowest BCUT2D eigenvalue weighted by molar-refractivity contribution is -0.111. The zero-order valence-corrected chi connectivity index (χ0v) is 19.5. The third-order valence-corrected chi connectivity index (χ3v) is 7.63. The average Bonchev–Trinajstić information content (AvgIpc) is 3.09. The van der Waals surface area contributed by atoms with Gasteiger partial charge < -0.3 is 10.1 Å². The molecule has 0 saturated heterocycles. The Morgan fingerprint density at radius 1 is 1.30 bits per heavy atom. The minimum Gasteiger partial charge on any atom is -0.465 e. The normalized spacial score (nSPS) is 16.4. The first-order chi connectivity index (χ1) is 14.2. The molecule has 1 aromatic carbocycles. The number of ether oxygens (including phenoxy) is 1. The topological polar surface area (TPSA) is 55.4 Å². The van der Waals surface area contributed by atoms with E-state index in [9.17, 15) is 9.59 Å². The van der Waals surface area contributed by atoms with Gasteiger partial charge in [-0.05, 0) is 59.9 Å². The number of hydrogen-bond donors (Lipinski definition) is 1. The molecule has 160 valence electrons. The van der Waals surface area contributed by atoms with E-state index in [1.807, 2.05) is 12.1 Å². The Balaban J connectivity index is 1.83. The minimum absolute atomic E-state index is 0.248. The van der Waals surface area contributed by atoms with Gasteiger partial charge in [0, 0.05) is 16.0 Å². The Kier molecular flexibility index (Phi) is 7.04. The van der Waals surface area contributed by atoms with Crippen LogP contribution in [0.2, 0.25) is 5.02 Å². The van der Waals surface area contributed by atoms with E-state index in [0.717, 1.165) is 36.8 Å². The number of anilines is 1. The average molecular weight is 446 g/mol. The standard InChI is InChI=1S/C24H28ClNO3S/c1-5-24(2,3)16-9-12-18-19(14-16)30-22(21(18)23(28)29-4)26-20(27)13-8-15-6-10-17(25)11-7-15/h6-8,10-11,13,16H,5,9,12,14H2,1-4H3,(H,26,27)/b13-8+. The van der Waals surface area contributed by atoms with Gasteiger partial charge in [-0.1, -0.05) is 50.9 Å². The predicted molar refractivity (Wildman–Crippen MR) is 124 cm³/mol. The summed E-state index contributed by atoms with van der Waals surface area (Å²) in [6.45, 7) is 6.84. The first kappa shape index (κ1) is 22.6. The van der Waals surface area contributed by atoms with Gasteiger partial charge in [0.1, 0.15) is 5.00 Å². The van der Waals surface area contributed by atoms with Gasteiger partial charge in [-0.15, -0.1) is 11.3 Å². The first-order valence-corrected chi connectivity index (χ1v) is 11.4. The van der Waals surface area contributed by atoms with Crippen molar-refractivity contribution >= 4 is 45.9 Å². The number of esters is 1. The van der Waals surface area contributed by atoms with Gasteiger partial charge in [0.2, 0.25) is 5.91 Å². The van der Waals surface area contributed by atoms with Crippen LogP contribution in [0.5, 0.6) is 0 Å². The van der Waals surface area contributed by atoms with Gasteiger partial charge in [-0.25, -0.2) is 4.79 Å². The SMILES string of the molecule is CCC(C)(C)C1CCc2c(sc(NC(=O)/C=C/c3ccc(Cl)cc3)c2C(=O)OC)C1. The maximum atomic E-state index is 12.5. The fourth-order valence-corrected chi connectivity index (χ4v) is 5.29. The fraction of sp³-hybridized carbons (Fsp3) is 0.417. The maximum Gasteiger partial charge on any atom is 0.341 e. The number of hydrogen-bond acceptors (Lipinski definition) is 4. The van der Waals surface area contributed by atoms with Crippen molar-refractivity contribution in [3.8, 4) is 0 Å². The van der Waals surface area contributed by atoms with E-state index in [-0.39, 0.29) is 11.3 Å². The number of carbonyl (C=O) groups excluding carboxylic acids is 2. The van der Waals surface area contributed by atoms with E-state index >= 15 is 0 Å². The van der Waals surface area contributed by atoms with Crippen molar-refractivity contribution in [2.45, 2.75) is 46.5 Å². The van der Waals surface area contributed by atoms with E-state index in [2.05, 4.69) is 26.1 Å². The smallest absolute Gasteiger partial charge is 0.341 e. The van der Waals surface area contributed by atoms with E-state index < -0.39 is 5.97 Å². The molecule has 0 bridgehead atoms. The van der Waals surface area contributed by atoms with Crippen LogP contribution in [0, 0.1) is 11.3 Å². The molecule has 0 saturated carbocycles. The van der Waals surface area contributed by atoms with Crippen LogP contribution in [0.15, 0.2) is 30.3 Å². The number of carbonyl (C=O) groups is 2. The third kappa shape index (κ3) is 4.96. The van der Waals surface area contributed by atoms with Crippen LogP contribution in [0.1, 0.15) is 60.0 Å². The molecule has 1 aliphatic rings. The Bertz CT molecular complexity index is 960. The summed E-state index contributed by atoms with van der Waals surface area (Å²) in [5, 5.41) is 4.12. The number of halogens is 1. The Morgan fingerprint density at radius 2 is 2.00 bits per heavy atom. The number of amides is 1. The fourth-order valence-electron chi connectivity index (χ4n) is 3.85. The summed E-state index contributed by atoms with van der Waals surface area (Å²) in [7, 11) is 1.38. The van der Waals surface area contributed by atoms with Crippen LogP contribution in [-0.4, -0.2) is 19.0 Å². The van der Waals surface area contributed by atoms with Crippen molar-refractivity contribution in [1.29, 1.82) is 0 Å². The number of rotatable bonds is 6. The number of methoxy groups -OCH3 is 1. The lowest BCUT2D eigenvalue weighted by Crippen LogP contribution is -2.28. The van der Waals surface area contributed by atoms with Crippen molar-refractivity contribution in [3.05, 3.63) is 56.9 Å². The third-order valence-electron chi connectivity index (χ3n) is 6.21. The number of thiophene rings is 1. The molecule has 0 spiro atoms. The Morgan fingerprint density at radius 3 is 2.63 bits per heavy atom. The van der Waals surface area contributed by atoms with Crippen LogP contribution < -0.4 is 5.32 Å². The van der Waals surface area contributed by atoms with Gasteiger partial charge in [-0.3, -0.25) is 4.79 Å². The largest absolute Gasteiger partial charge is 0.465 e. The molecule has 4 nitrogen and oxygen atoms in total. The molecule has 1 amide bonds. The number of fused-ring (bicyclic) bond motifs is 1. The first-order valence-electron chi connectivity index (χ1n) is 10.2. The predicted octanol–water partition coefficient (Wildman–Crippen LogP) is 6.38. The molecular formula is C24H28ClNO3S. The molecule has 3 rings (SSSR count). The Labute approximate surface area is 187 Å². The van der Waals surface area contributed by atoms with Crippen LogP contribution in [0.3, 0.4) is 0 Å². The number of benzene rings is 1. The second-order valence-electron chi connectivity index (χ2n) is 8.36. The number of nitrogens with one attached hydrogen (secondary N) is 1. The Hall–Kier alpha value is -2.11. The quantitative estimate of drug-likeness (QED) is 0.414. The molecule has 0 fully saturated rings. The summed E-state index contributed by atoms with van der Waals surface area (Å²) in [6, 6.07) is 7.23. The highest BCUT2D eigenvalue weighted by Gasteiger charge is 2.35. The van der Waals surface area contributed by atoms with Gasteiger partial charge in [-0.2, -0.15) is 0 Å². The van der Waals surface area contributed by atoms with Crippen LogP contribution in [-0.2, 0) is 22.4 Å². The second kappa shape index (κ2) is 9.36. The molecule has 30 heavy (non-hydrogen) atoms. The maximum absolute atomic E-state index is 12.5. The zero-order chi connectivity index (χ0) is 21.9. The second-order valence-corrected chi connectivity index (χ2v) is 9.90. The summed E-state index contributed by atoms with van der Waals surface area (Å²) in [6.07, 6.45) is 7.10. The lowest BCUT2D eigenvalue weighted by atomic mass is 9.69. The molecular weight excluding hydrogens is 418 g/mol. The molecule has 0 aliphatic heterocycles. The van der Waals surface area contributed by atoms with Crippen molar-refractivity contribution < 1.29 is 14.3 Å². The molecule has 6 heteroatoms. The highest BCUT2D eigenvalue weighted by Crippen LogP contribution is 2.45. The summed E-state index contributed by atoms with van der Waals surface area (Å²) >= 11 is 7.40. The van der Waals surface area contributed by atoms with E-state index in [1.54, 1.807) is 18.2 Å². The van der Waals surface area contributed by atoms with Crippen LogP contribution >= 0.6 is 22.9 Å². The van der Waals surface area contributed by atoms with Crippen molar-refractivity contribution in [1.82, 2.24) is 0 Å². The van der Waals surface area contributed by atoms with Gasteiger partial charge in [0.05, 0.1) is 12.7 Å². The summed E-state index contributed by atoms with van der Waals surface area (Å²) in [4.78, 5) is 26.2. The highest BCUT2D eigenvalue weighted by atomic mass is 35.5. The molecule has 1 atom stereocenters. The van der Waals surface area contributed by atoms with E-state index in [0.29, 0.717) is 21.5 Å². The van der Waals surface area contributed by atoms with Gasteiger partial charge in [0.25, 0.3) is 0 Å². The zero-order valence-electron chi connectivity index (χ0n) is 17.9. The van der Waals surface area contributed by atoms with E-state index in [1.165, 1.54) is 29.4 Å². The van der Waals surface area contributed by atoms with Crippen LogP contribution in [0.25, 0.3) is 6.08 Å². The van der Waals surface area contributed by atoms with Gasteiger partial charge in [0.15, 0.2) is 0 Å². The monoisotopic (exact) mass is 445 g/mol. The van der Waals surface area contributed by atoms with Crippen molar-refractivity contribution in [2.75, 3.05) is 12.4 Å². The van der Waals surface area contributed by atoms with Gasteiger partial charge >= 0.3 is 5.97 Å². The van der Waals surface area contributed by atoms with E-state index in [4.69, 9.17) is 16.3 Å². The van der Waals surface area contributed by atoms with Crippen molar-refractivity contribution in [2.24, 2.45) is 11.3 Å². The molecule has 2 aromatic rings. The summed E-state index contributed by atoms with van der Waals surface area (Å²) in [5.74, 6) is -0.107. The summed E-state index contributed by atoms with van der Waals surface area (Å²) in [5.41, 5.74) is 2.67.